The highest BCUT2D eigenvalue weighted by molar-refractivity contribution is 4.98. The maximum absolute atomic E-state index is 11.0. The van der Waals surface area contributed by atoms with Crippen LogP contribution in [0.25, 0.3) is 0 Å². The van der Waals surface area contributed by atoms with Gasteiger partial charge in [0.15, 0.2) is 0 Å². The minimum Gasteiger partial charge on any atom is -0.390 e. The van der Waals surface area contributed by atoms with Crippen LogP contribution >= 0.6 is 0 Å². The van der Waals surface area contributed by atoms with Crippen LogP contribution < -0.4 is 0 Å². The van der Waals surface area contributed by atoms with Gasteiger partial charge in [-0.25, -0.2) is 0 Å². The summed E-state index contributed by atoms with van der Waals surface area (Å²) in [6.07, 6.45) is 4.87. The first-order valence-corrected chi connectivity index (χ1v) is 7.64. The van der Waals surface area contributed by atoms with Gasteiger partial charge < -0.3 is 19.3 Å². The normalized spacial score (nSPS) is 38.2. The Balaban J connectivity index is 1.69. The van der Waals surface area contributed by atoms with Gasteiger partial charge in [-0.1, -0.05) is 0 Å². The van der Waals surface area contributed by atoms with Crippen LogP contribution in [0.4, 0.5) is 0 Å². The summed E-state index contributed by atoms with van der Waals surface area (Å²) >= 11 is 0. The summed E-state index contributed by atoms with van der Waals surface area (Å²) in [5.74, 6) is 0.610. The van der Waals surface area contributed by atoms with E-state index in [-0.39, 0.29) is 11.5 Å². The van der Waals surface area contributed by atoms with E-state index in [0.29, 0.717) is 12.5 Å². The molecule has 3 aliphatic heterocycles. The maximum atomic E-state index is 11.0. The van der Waals surface area contributed by atoms with Crippen molar-refractivity contribution in [1.82, 2.24) is 0 Å². The minimum absolute atomic E-state index is 0.0371. The van der Waals surface area contributed by atoms with E-state index in [2.05, 4.69) is 0 Å². The number of ether oxygens (including phenoxy) is 3. The molecule has 1 spiro atoms. The van der Waals surface area contributed by atoms with Crippen molar-refractivity contribution in [2.45, 2.75) is 50.2 Å². The predicted octanol–water partition coefficient (Wildman–Crippen LogP) is 1.75. The molecule has 0 bridgehead atoms. The first kappa shape index (κ1) is 13.8. The van der Waals surface area contributed by atoms with E-state index in [0.717, 1.165) is 58.5 Å². The topological polar surface area (TPSA) is 47.9 Å². The Morgan fingerprint density at radius 1 is 1.00 bits per heavy atom. The Hall–Kier alpha value is -0.160. The van der Waals surface area contributed by atoms with Crippen molar-refractivity contribution in [3.8, 4) is 0 Å². The van der Waals surface area contributed by atoms with Gasteiger partial charge in [0.2, 0.25) is 0 Å². The lowest BCUT2D eigenvalue weighted by atomic mass is 9.69. The van der Waals surface area contributed by atoms with Crippen LogP contribution in [0, 0.1) is 11.8 Å². The summed E-state index contributed by atoms with van der Waals surface area (Å²) in [4.78, 5) is 0. The first-order chi connectivity index (χ1) is 9.12. The lowest BCUT2D eigenvalue weighted by Gasteiger charge is -2.48. The lowest BCUT2D eigenvalue weighted by molar-refractivity contribution is -0.181. The zero-order valence-electron chi connectivity index (χ0n) is 11.9. The van der Waals surface area contributed by atoms with E-state index in [1.807, 2.05) is 6.92 Å². The molecule has 3 heterocycles. The Morgan fingerprint density at radius 3 is 2.42 bits per heavy atom. The molecule has 3 aliphatic rings. The van der Waals surface area contributed by atoms with Crippen molar-refractivity contribution in [2.75, 3.05) is 33.0 Å². The molecule has 1 N–H and O–H groups in total. The molecule has 3 saturated heterocycles. The first-order valence-electron chi connectivity index (χ1n) is 7.64. The van der Waals surface area contributed by atoms with Gasteiger partial charge in [0.1, 0.15) is 0 Å². The number of aliphatic hydroxyl groups is 1. The second-order valence-electron chi connectivity index (χ2n) is 6.62. The van der Waals surface area contributed by atoms with Crippen LogP contribution in [0.5, 0.6) is 0 Å². The molecular formula is C15H26O4. The van der Waals surface area contributed by atoms with Crippen molar-refractivity contribution in [3.63, 3.8) is 0 Å². The molecule has 3 atom stereocenters. The van der Waals surface area contributed by atoms with Gasteiger partial charge >= 0.3 is 0 Å². The van der Waals surface area contributed by atoms with Crippen molar-refractivity contribution < 1.29 is 19.3 Å². The highest BCUT2D eigenvalue weighted by Crippen LogP contribution is 2.44. The van der Waals surface area contributed by atoms with Crippen LogP contribution in [0.2, 0.25) is 0 Å². The smallest absolute Gasteiger partial charge is 0.0730 e. The minimum atomic E-state index is -0.619. The Bertz CT molecular complexity index is 298. The fraction of sp³-hybridized carbons (Fsp3) is 1.00. The quantitative estimate of drug-likeness (QED) is 0.830. The summed E-state index contributed by atoms with van der Waals surface area (Å²) in [5.41, 5.74) is -0.657. The summed E-state index contributed by atoms with van der Waals surface area (Å²) in [6.45, 7) is 5.87. The predicted molar refractivity (Wildman–Crippen MR) is 71.0 cm³/mol. The van der Waals surface area contributed by atoms with Crippen molar-refractivity contribution in [1.29, 1.82) is 0 Å². The lowest BCUT2D eigenvalue weighted by Crippen LogP contribution is -2.52. The molecule has 3 fully saturated rings. The molecule has 4 heteroatoms. The Morgan fingerprint density at radius 2 is 1.74 bits per heavy atom. The third-order valence-electron chi connectivity index (χ3n) is 5.48. The van der Waals surface area contributed by atoms with Crippen molar-refractivity contribution in [2.24, 2.45) is 11.8 Å². The zero-order chi connectivity index (χ0) is 13.3. The average Bonchev–Trinajstić information content (AvgIpc) is 2.94. The molecule has 3 rings (SSSR count). The zero-order valence-corrected chi connectivity index (χ0v) is 11.9. The summed E-state index contributed by atoms with van der Waals surface area (Å²) < 4.78 is 17.0. The molecule has 0 aliphatic carbocycles. The Kier molecular flexibility index (Phi) is 3.87. The SMILES string of the molecule is CC(O)(C1CCOC1)C1CCOC2(CCOCC2)C1. The molecule has 0 saturated carbocycles. The summed E-state index contributed by atoms with van der Waals surface area (Å²) in [7, 11) is 0. The second kappa shape index (κ2) is 5.32. The fourth-order valence-corrected chi connectivity index (χ4v) is 3.95. The maximum Gasteiger partial charge on any atom is 0.0730 e. The van der Waals surface area contributed by atoms with E-state index in [9.17, 15) is 5.11 Å². The van der Waals surface area contributed by atoms with Crippen LogP contribution in [-0.2, 0) is 14.2 Å². The molecule has 3 unspecified atom stereocenters. The molecule has 0 aromatic carbocycles. The standard InChI is InChI=1S/C15H26O4/c1-14(16,13-2-6-18-11-13)12-3-7-19-15(10-12)4-8-17-9-5-15/h12-13,16H,2-11H2,1H3. The Labute approximate surface area is 115 Å². The highest BCUT2D eigenvalue weighted by Gasteiger charge is 2.48. The second-order valence-corrected chi connectivity index (χ2v) is 6.62. The van der Waals surface area contributed by atoms with Crippen LogP contribution in [0.1, 0.15) is 39.0 Å². The van der Waals surface area contributed by atoms with E-state index >= 15 is 0 Å². The largest absolute Gasteiger partial charge is 0.390 e. The van der Waals surface area contributed by atoms with E-state index in [4.69, 9.17) is 14.2 Å². The van der Waals surface area contributed by atoms with Gasteiger partial charge in [0.05, 0.1) is 17.8 Å². The summed E-state index contributed by atoms with van der Waals surface area (Å²) in [6, 6.07) is 0. The van der Waals surface area contributed by atoms with Crippen molar-refractivity contribution in [3.05, 3.63) is 0 Å². The van der Waals surface area contributed by atoms with Crippen LogP contribution in [0.15, 0.2) is 0 Å². The van der Waals surface area contributed by atoms with Gasteiger partial charge in [-0.05, 0) is 44.9 Å². The third-order valence-corrected chi connectivity index (χ3v) is 5.48. The molecule has 19 heavy (non-hydrogen) atoms. The third kappa shape index (κ3) is 2.68. The molecule has 0 radical (unpaired) electrons. The summed E-state index contributed by atoms with van der Waals surface area (Å²) in [5, 5.41) is 11.0. The molecule has 0 amide bonds. The molecular weight excluding hydrogens is 244 g/mol. The monoisotopic (exact) mass is 270 g/mol. The van der Waals surface area contributed by atoms with Crippen LogP contribution in [-0.4, -0.2) is 49.3 Å². The van der Waals surface area contributed by atoms with Crippen LogP contribution in [0.3, 0.4) is 0 Å². The van der Waals surface area contributed by atoms with Gasteiger partial charge in [-0.3, -0.25) is 0 Å². The average molecular weight is 270 g/mol. The van der Waals surface area contributed by atoms with E-state index in [1.54, 1.807) is 0 Å². The van der Waals surface area contributed by atoms with Gasteiger partial charge in [-0.2, -0.15) is 0 Å². The number of hydrogen-bond donors (Lipinski definition) is 1. The van der Waals surface area contributed by atoms with E-state index < -0.39 is 5.60 Å². The molecule has 0 aromatic rings. The molecule has 0 aromatic heterocycles. The van der Waals surface area contributed by atoms with Gasteiger partial charge in [-0.15, -0.1) is 0 Å². The molecule has 4 nitrogen and oxygen atoms in total. The number of hydrogen-bond acceptors (Lipinski definition) is 4. The highest BCUT2D eigenvalue weighted by atomic mass is 16.5. The van der Waals surface area contributed by atoms with Gasteiger partial charge in [0.25, 0.3) is 0 Å². The number of rotatable bonds is 2. The van der Waals surface area contributed by atoms with Crippen molar-refractivity contribution >= 4 is 0 Å². The molecule has 110 valence electrons. The van der Waals surface area contributed by atoms with E-state index in [1.165, 1.54) is 0 Å². The fourth-order valence-electron chi connectivity index (χ4n) is 3.95. The van der Waals surface area contributed by atoms with Gasteiger partial charge in [0, 0.05) is 32.3 Å².